The number of carboxylic acids is 1. The Bertz CT molecular complexity index is 732. The molecule has 5 heteroatoms. The number of hydrogen-bond acceptors (Lipinski definition) is 3. The summed E-state index contributed by atoms with van der Waals surface area (Å²) in [6, 6.07) is 7.00. The summed E-state index contributed by atoms with van der Waals surface area (Å²) < 4.78 is 1.25. The topological polar surface area (TPSA) is 71.3 Å². The zero-order valence-corrected chi connectivity index (χ0v) is 11.6. The van der Waals surface area contributed by atoms with E-state index >= 15 is 0 Å². The van der Waals surface area contributed by atoms with Crippen molar-refractivity contribution in [2.24, 2.45) is 7.05 Å². The van der Waals surface area contributed by atoms with Crippen LogP contribution in [0.3, 0.4) is 0 Å². The Morgan fingerprint density at radius 1 is 1.20 bits per heavy atom. The van der Waals surface area contributed by atoms with Crippen LogP contribution in [0.4, 0.5) is 11.4 Å². The summed E-state index contributed by atoms with van der Waals surface area (Å²) in [7, 11) is 1.52. The number of aromatic nitrogens is 1. The number of rotatable bonds is 3. The number of carboxylic acid groups (broad SMARTS) is 1. The van der Waals surface area contributed by atoms with Gasteiger partial charge in [-0.3, -0.25) is 4.79 Å². The van der Waals surface area contributed by atoms with E-state index in [1.165, 1.54) is 23.9 Å². The molecule has 2 N–H and O–H groups in total. The average Bonchev–Trinajstić information content (AvgIpc) is 2.37. The van der Waals surface area contributed by atoms with E-state index in [0.29, 0.717) is 5.69 Å². The summed E-state index contributed by atoms with van der Waals surface area (Å²) >= 11 is 0. The predicted molar refractivity (Wildman–Crippen MR) is 77.8 cm³/mol. The summed E-state index contributed by atoms with van der Waals surface area (Å²) in [4.78, 5) is 22.9. The SMILES string of the molecule is Cc1ccc(Nc2cc(=O)n(C)cc2C(=O)O)cc1C. The lowest BCUT2D eigenvalue weighted by molar-refractivity contribution is 0.0697. The first-order valence-corrected chi connectivity index (χ1v) is 6.16. The van der Waals surface area contributed by atoms with Gasteiger partial charge in [-0.2, -0.15) is 0 Å². The molecule has 2 aromatic rings. The molecule has 0 bridgehead atoms. The summed E-state index contributed by atoms with van der Waals surface area (Å²) in [5.41, 5.74) is 3.09. The Kier molecular flexibility index (Phi) is 3.61. The van der Waals surface area contributed by atoms with Gasteiger partial charge in [-0.1, -0.05) is 6.07 Å². The van der Waals surface area contributed by atoms with Crippen LogP contribution >= 0.6 is 0 Å². The van der Waals surface area contributed by atoms with Crippen LogP contribution < -0.4 is 10.9 Å². The molecule has 0 spiro atoms. The van der Waals surface area contributed by atoms with Gasteiger partial charge >= 0.3 is 5.97 Å². The lowest BCUT2D eigenvalue weighted by Crippen LogP contribution is -2.19. The van der Waals surface area contributed by atoms with Gasteiger partial charge in [0, 0.05) is 25.0 Å². The maximum absolute atomic E-state index is 11.7. The maximum Gasteiger partial charge on any atom is 0.339 e. The van der Waals surface area contributed by atoms with Crippen LogP contribution in [0.15, 0.2) is 35.3 Å². The molecule has 1 aromatic carbocycles. The van der Waals surface area contributed by atoms with Crippen LogP contribution in [-0.2, 0) is 7.05 Å². The van der Waals surface area contributed by atoms with Gasteiger partial charge in [0.05, 0.1) is 11.3 Å². The molecule has 0 aliphatic carbocycles. The standard InChI is InChI=1S/C15H16N2O3/c1-9-4-5-11(6-10(9)2)16-13-7-14(18)17(3)8-12(13)15(19)20/h4-8,16H,1-3H3,(H,19,20). The van der Waals surface area contributed by atoms with Crippen LogP contribution in [0.5, 0.6) is 0 Å². The van der Waals surface area contributed by atoms with Crippen LogP contribution in [0.1, 0.15) is 21.5 Å². The van der Waals surface area contributed by atoms with Gasteiger partial charge in [-0.15, -0.1) is 0 Å². The van der Waals surface area contributed by atoms with Crippen molar-refractivity contribution < 1.29 is 9.90 Å². The number of nitrogens with zero attached hydrogens (tertiary/aromatic N) is 1. The van der Waals surface area contributed by atoms with E-state index in [1.54, 1.807) is 0 Å². The highest BCUT2D eigenvalue weighted by molar-refractivity contribution is 5.94. The minimum atomic E-state index is -1.08. The van der Waals surface area contributed by atoms with Gasteiger partial charge in [-0.25, -0.2) is 4.79 Å². The molecule has 1 heterocycles. The van der Waals surface area contributed by atoms with Crippen LogP contribution in [0, 0.1) is 13.8 Å². The Hall–Kier alpha value is -2.56. The fraction of sp³-hybridized carbons (Fsp3) is 0.200. The molecule has 0 saturated heterocycles. The third-order valence-electron chi connectivity index (χ3n) is 3.24. The van der Waals surface area contributed by atoms with Crippen molar-refractivity contribution in [3.05, 3.63) is 57.5 Å². The zero-order chi connectivity index (χ0) is 14.9. The third-order valence-corrected chi connectivity index (χ3v) is 3.24. The predicted octanol–water partition coefficient (Wildman–Crippen LogP) is 2.44. The Balaban J connectivity index is 2.47. The normalized spacial score (nSPS) is 10.3. The Morgan fingerprint density at radius 2 is 1.90 bits per heavy atom. The second-order valence-corrected chi connectivity index (χ2v) is 4.78. The van der Waals surface area contributed by atoms with E-state index < -0.39 is 5.97 Å². The van der Waals surface area contributed by atoms with E-state index in [-0.39, 0.29) is 11.1 Å². The van der Waals surface area contributed by atoms with Crippen molar-refractivity contribution in [3.8, 4) is 0 Å². The molecular formula is C15H16N2O3. The van der Waals surface area contributed by atoms with Crippen LogP contribution in [-0.4, -0.2) is 15.6 Å². The molecule has 2 rings (SSSR count). The molecule has 0 amide bonds. The third kappa shape index (κ3) is 2.71. The number of nitrogens with one attached hydrogen (secondary N) is 1. The molecule has 20 heavy (non-hydrogen) atoms. The van der Waals surface area contributed by atoms with Gasteiger partial charge in [0.15, 0.2) is 0 Å². The van der Waals surface area contributed by atoms with E-state index in [1.807, 2.05) is 32.0 Å². The fourth-order valence-corrected chi connectivity index (χ4v) is 1.88. The maximum atomic E-state index is 11.7. The molecule has 0 radical (unpaired) electrons. The van der Waals surface area contributed by atoms with Gasteiger partial charge in [0.2, 0.25) is 0 Å². The van der Waals surface area contributed by atoms with Crippen molar-refractivity contribution >= 4 is 17.3 Å². The van der Waals surface area contributed by atoms with E-state index in [0.717, 1.165) is 16.8 Å². The Morgan fingerprint density at radius 3 is 2.50 bits per heavy atom. The molecule has 0 atom stereocenters. The monoisotopic (exact) mass is 272 g/mol. The number of benzene rings is 1. The molecule has 0 aliphatic heterocycles. The largest absolute Gasteiger partial charge is 0.478 e. The molecule has 1 aromatic heterocycles. The molecule has 5 nitrogen and oxygen atoms in total. The van der Waals surface area contributed by atoms with Gasteiger partial charge < -0.3 is 15.0 Å². The molecule has 104 valence electrons. The first-order valence-electron chi connectivity index (χ1n) is 6.16. The molecule has 0 saturated carbocycles. The highest BCUT2D eigenvalue weighted by Crippen LogP contribution is 2.21. The minimum absolute atomic E-state index is 0.0605. The lowest BCUT2D eigenvalue weighted by atomic mass is 10.1. The number of aromatic carboxylic acids is 1. The lowest BCUT2D eigenvalue weighted by Gasteiger charge is -2.12. The number of carbonyl (C=O) groups is 1. The van der Waals surface area contributed by atoms with Crippen molar-refractivity contribution in [3.63, 3.8) is 0 Å². The smallest absolute Gasteiger partial charge is 0.339 e. The Labute approximate surface area is 116 Å². The van der Waals surface area contributed by atoms with Crippen LogP contribution in [0.2, 0.25) is 0 Å². The molecule has 0 unspecified atom stereocenters. The average molecular weight is 272 g/mol. The summed E-state index contributed by atoms with van der Waals surface area (Å²) in [6.45, 7) is 3.97. The first kappa shape index (κ1) is 13.9. The number of aryl methyl sites for hydroxylation is 3. The van der Waals surface area contributed by atoms with Gasteiger partial charge in [0.1, 0.15) is 0 Å². The second kappa shape index (κ2) is 5.21. The fourth-order valence-electron chi connectivity index (χ4n) is 1.88. The molecular weight excluding hydrogens is 256 g/mol. The second-order valence-electron chi connectivity index (χ2n) is 4.78. The highest BCUT2D eigenvalue weighted by atomic mass is 16.4. The number of pyridine rings is 1. The minimum Gasteiger partial charge on any atom is -0.478 e. The molecule has 0 aliphatic rings. The van der Waals surface area contributed by atoms with Crippen LogP contribution in [0.25, 0.3) is 0 Å². The van der Waals surface area contributed by atoms with Gasteiger partial charge in [0.25, 0.3) is 5.56 Å². The number of anilines is 2. The summed E-state index contributed by atoms with van der Waals surface area (Å²) in [5.74, 6) is -1.08. The summed E-state index contributed by atoms with van der Waals surface area (Å²) in [6.07, 6.45) is 1.31. The van der Waals surface area contributed by atoms with E-state index in [4.69, 9.17) is 0 Å². The van der Waals surface area contributed by atoms with Crippen molar-refractivity contribution in [2.45, 2.75) is 13.8 Å². The van der Waals surface area contributed by atoms with E-state index in [2.05, 4.69) is 5.32 Å². The van der Waals surface area contributed by atoms with E-state index in [9.17, 15) is 14.7 Å². The highest BCUT2D eigenvalue weighted by Gasteiger charge is 2.12. The zero-order valence-electron chi connectivity index (χ0n) is 11.6. The van der Waals surface area contributed by atoms with Crippen molar-refractivity contribution in [1.82, 2.24) is 4.57 Å². The van der Waals surface area contributed by atoms with Crippen molar-refractivity contribution in [2.75, 3.05) is 5.32 Å². The molecule has 0 fully saturated rings. The quantitative estimate of drug-likeness (QED) is 0.900. The number of hydrogen-bond donors (Lipinski definition) is 2. The first-order chi connectivity index (χ1) is 9.38. The summed E-state index contributed by atoms with van der Waals surface area (Å²) in [5, 5.41) is 12.2. The van der Waals surface area contributed by atoms with Crippen molar-refractivity contribution in [1.29, 1.82) is 0 Å². The van der Waals surface area contributed by atoms with Gasteiger partial charge in [-0.05, 0) is 37.1 Å².